The van der Waals surface area contributed by atoms with Crippen LogP contribution >= 0.6 is 11.3 Å². The van der Waals surface area contributed by atoms with Crippen molar-refractivity contribution in [1.82, 2.24) is 9.80 Å². The van der Waals surface area contributed by atoms with Crippen molar-refractivity contribution >= 4 is 11.3 Å². The van der Waals surface area contributed by atoms with E-state index in [1.54, 1.807) is 6.07 Å². The number of hydrogen-bond acceptors (Lipinski definition) is 3. The number of hydrogen-bond donors (Lipinski definition) is 0. The maximum absolute atomic E-state index is 13.3. The van der Waals surface area contributed by atoms with Gasteiger partial charge in [0.05, 0.1) is 0 Å². The lowest BCUT2D eigenvalue weighted by Crippen LogP contribution is -2.28. The first-order chi connectivity index (χ1) is 10.8. The molecule has 0 saturated carbocycles. The largest absolute Gasteiger partial charge is 0.298 e. The second-order valence-electron chi connectivity index (χ2n) is 6.62. The van der Waals surface area contributed by atoms with Crippen molar-refractivity contribution in [2.75, 3.05) is 26.2 Å². The van der Waals surface area contributed by atoms with Gasteiger partial charge in [-0.05, 0) is 41.0 Å². The van der Waals surface area contributed by atoms with Crippen molar-refractivity contribution in [3.05, 3.63) is 58.0 Å². The van der Waals surface area contributed by atoms with Crippen LogP contribution in [0.4, 0.5) is 4.39 Å². The molecule has 0 N–H and O–H groups in total. The lowest BCUT2D eigenvalue weighted by atomic mass is 10.0. The average Bonchev–Trinajstić information content (AvgIpc) is 3.16. The van der Waals surface area contributed by atoms with Crippen LogP contribution < -0.4 is 0 Å². The molecule has 2 nitrogen and oxygen atoms in total. The first-order valence-electron chi connectivity index (χ1n) is 7.98. The van der Waals surface area contributed by atoms with Crippen molar-refractivity contribution in [3.63, 3.8) is 0 Å². The van der Waals surface area contributed by atoms with Gasteiger partial charge in [0, 0.05) is 44.1 Å². The van der Waals surface area contributed by atoms with Crippen LogP contribution in [0.3, 0.4) is 0 Å². The Morgan fingerprint density at radius 3 is 2.32 bits per heavy atom. The van der Waals surface area contributed by atoms with Crippen LogP contribution in [0.5, 0.6) is 0 Å². The molecule has 1 aromatic carbocycles. The molecule has 1 aromatic heterocycles. The van der Waals surface area contributed by atoms with E-state index in [1.165, 1.54) is 24.0 Å². The van der Waals surface area contributed by atoms with Gasteiger partial charge in [-0.1, -0.05) is 18.2 Å². The second-order valence-corrected chi connectivity index (χ2v) is 7.65. The Labute approximate surface area is 135 Å². The Hall–Kier alpha value is -1.23. The molecule has 2 fully saturated rings. The Balaban J connectivity index is 1.32. The summed E-state index contributed by atoms with van der Waals surface area (Å²) in [5.41, 5.74) is 1.09. The average molecular weight is 316 g/mol. The fourth-order valence-corrected chi connectivity index (χ4v) is 4.71. The number of fused-ring (bicyclic) bond motifs is 1. The summed E-state index contributed by atoms with van der Waals surface area (Å²) in [6.45, 7) is 6.72. The molecule has 4 rings (SSSR count). The molecule has 4 heteroatoms. The maximum Gasteiger partial charge on any atom is 0.123 e. The minimum atomic E-state index is -0.126. The van der Waals surface area contributed by atoms with Gasteiger partial charge in [0.15, 0.2) is 0 Å². The first-order valence-corrected chi connectivity index (χ1v) is 8.86. The smallest absolute Gasteiger partial charge is 0.123 e. The predicted octanol–water partition coefficient (Wildman–Crippen LogP) is 3.45. The summed E-state index contributed by atoms with van der Waals surface area (Å²) >= 11 is 1.85. The number of nitrogens with zero attached hydrogens (tertiary/aromatic N) is 2. The molecule has 0 amide bonds. The van der Waals surface area contributed by atoms with Crippen LogP contribution in [0, 0.1) is 17.7 Å². The summed E-state index contributed by atoms with van der Waals surface area (Å²) in [7, 11) is 0. The number of thiophene rings is 1. The van der Waals surface area contributed by atoms with Gasteiger partial charge in [-0.2, -0.15) is 0 Å². The van der Waals surface area contributed by atoms with E-state index in [0.29, 0.717) is 0 Å². The quantitative estimate of drug-likeness (QED) is 0.852. The fourth-order valence-electron chi connectivity index (χ4n) is 3.96. The maximum atomic E-state index is 13.3. The fraction of sp³-hybridized carbons (Fsp3) is 0.444. The summed E-state index contributed by atoms with van der Waals surface area (Å²) < 4.78 is 13.3. The van der Waals surface area contributed by atoms with E-state index in [0.717, 1.165) is 43.6 Å². The Bertz CT molecular complexity index is 614. The van der Waals surface area contributed by atoms with Crippen LogP contribution in [-0.2, 0) is 13.1 Å². The summed E-state index contributed by atoms with van der Waals surface area (Å²) in [4.78, 5) is 6.56. The van der Waals surface area contributed by atoms with Crippen molar-refractivity contribution in [2.45, 2.75) is 13.1 Å². The van der Waals surface area contributed by atoms with Crippen molar-refractivity contribution in [3.8, 4) is 0 Å². The van der Waals surface area contributed by atoms with E-state index >= 15 is 0 Å². The minimum absolute atomic E-state index is 0.126. The lowest BCUT2D eigenvalue weighted by Gasteiger charge is -2.21. The highest BCUT2D eigenvalue weighted by Crippen LogP contribution is 2.33. The van der Waals surface area contributed by atoms with E-state index in [2.05, 4.69) is 27.3 Å². The van der Waals surface area contributed by atoms with E-state index in [-0.39, 0.29) is 5.82 Å². The molecular formula is C18H21FN2S. The van der Waals surface area contributed by atoms with E-state index in [4.69, 9.17) is 0 Å². The molecule has 0 radical (unpaired) electrons. The highest BCUT2D eigenvalue weighted by atomic mass is 32.1. The summed E-state index contributed by atoms with van der Waals surface area (Å²) in [6.07, 6.45) is 0. The first kappa shape index (κ1) is 14.4. The molecular weight excluding hydrogens is 295 g/mol. The Morgan fingerprint density at radius 1 is 0.955 bits per heavy atom. The third-order valence-corrected chi connectivity index (χ3v) is 5.75. The third kappa shape index (κ3) is 3.09. The molecule has 116 valence electrons. The van der Waals surface area contributed by atoms with Gasteiger partial charge < -0.3 is 0 Å². The highest BCUT2D eigenvalue weighted by Gasteiger charge is 2.39. The van der Waals surface area contributed by atoms with E-state index < -0.39 is 0 Å². The standard InChI is InChI=1S/C18H21FN2S/c19-17-4-1-3-14(7-17)8-20-9-15-11-21(12-16(15)10-20)13-18-5-2-6-22-18/h1-7,15-16H,8-13H2/t15-,16-/m0/s1. The van der Waals surface area contributed by atoms with Crippen LogP contribution in [-0.4, -0.2) is 36.0 Å². The lowest BCUT2D eigenvalue weighted by molar-refractivity contribution is 0.247. The van der Waals surface area contributed by atoms with Gasteiger partial charge in [-0.25, -0.2) is 4.39 Å². The number of halogens is 1. The SMILES string of the molecule is Fc1cccc(CN2C[C@H]3CN(Cc4cccs4)C[C@@H]3C2)c1. The number of rotatable bonds is 4. The molecule has 3 heterocycles. The van der Waals surface area contributed by atoms with Crippen molar-refractivity contribution < 1.29 is 4.39 Å². The molecule has 2 aliphatic heterocycles. The molecule has 2 aliphatic rings. The monoisotopic (exact) mass is 316 g/mol. The van der Waals surface area contributed by atoms with Gasteiger partial charge in [-0.15, -0.1) is 11.3 Å². The third-order valence-electron chi connectivity index (χ3n) is 4.89. The summed E-state index contributed by atoms with van der Waals surface area (Å²) in [6, 6.07) is 11.4. The predicted molar refractivity (Wildman–Crippen MR) is 88.3 cm³/mol. The molecule has 0 aliphatic carbocycles. The molecule has 0 bridgehead atoms. The number of benzene rings is 1. The van der Waals surface area contributed by atoms with Crippen molar-refractivity contribution in [1.29, 1.82) is 0 Å². The van der Waals surface area contributed by atoms with Gasteiger partial charge in [-0.3, -0.25) is 9.80 Å². The van der Waals surface area contributed by atoms with Crippen molar-refractivity contribution in [2.24, 2.45) is 11.8 Å². The normalized spacial score (nSPS) is 25.7. The molecule has 0 unspecified atom stereocenters. The van der Waals surface area contributed by atoms with Crippen LogP contribution in [0.25, 0.3) is 0 Å². The zero-order valence-corrected chi connectivity index (χ0v) is 13.4. The molecule has 2 aromatic rings. The van der Waals surface area contributed by atoms with E-state index in [9.17, 15) is 4.39 Å². The highest BCUT2D eigenvalue weighted by molar-refractivity contribution is 7.09. The van der Waals surface area contributed by atoms with Gasteiger partial charge in [0.2, 0.25) is 0 Å². The molecule has 2 atom stereocenters. The second kappa shape index (κ2) is 6.11. The van der Waals surface area contributed by atoms with Crippen LogP contribution in [0.2, 0.25) is 0 Å². The van der Waals surface area contributed by atoms with Gasteiger partial charge in [0.1, 0.15) is 5.82 Å². The molecule has 22 heavy (non-hydrogen) atoms. The number of likely N-dealkylation sites (tertiary alicyclic amines) is 2. The Kier molecular flexibility index (Phi) is 3.99. The molecule has 2 saturated heterocycles. The topological polar surface area (TPSA) is 6.48 Å². The van der Waals surface area contributed by atoms with Gasteiger partial charge >= 0.3 is 0 Å². The minimum Gasteiger partial charge on any atom is -0.298 e. The zero-order valence-electron chi connectivity index (χ0n) is 12.6. The summed E-state index contributed by atoms with van der Waals surface area (Å²) in [5.74, 6) is 1.45. The van der Waals surface area contributed by atoms with Crippen LogP contribution in [0.1, 0.15) is 10.4 Å². The summed E-state index contributed by atoms with van der Waals surface area (Å²) in [5, 5.41) is 2.16. The van der Waals surface area contributed by atoms with Gasteiger partial charge in [0.25, 0.3) is 0 Å². The molecule has 0 spiro atoms. The zero-order chi connectivity index (χ0) is 14.9. The van der Waals surface area contributed by atoms with E-state index in [1.807, 2.05) is 23.5 Å². The van der Waals surface area contributed by atoms with Crippen LogP contribution in [0.15, 0.2) is 41.8 Å². The Morgan fingerprint density at radius 2 is 1.68 bits per heavy atom.